The number of nitrogens with one attached hydrogen (secondary N) is 1. The van der Waals surface area contributed by atoms with Gasteiger partial charge in [0.1, 0.15) is 0 Å². The van der Waals surface area contributed by atoms with Crippen molar-refractivity contribution in [3.05, 3.63) is 12.2 Å². The second-order valence-electron chi connectivity index (χ2n) is 25.3. The second kappa shape index (κ2) is 69.1. The Bertz CT molecular complexity index is 1190. The van der Waals surface area contributed by atoms with Crippen LogP contribution in [0.1, 0.15) is 418 Å². The highest BCUT2D eigenvalue weighted by Crippen LogP contribution is 2.19. The number of carbonyl (C=O) groups is 2. The van der Waals surface area contributed by atoms with Crippen molar-refractivity contribution in [2.75, 3.05) is 13.2 Å². The number of rotatable bonds is 69. The minimum Gasteiger partial charge on any atom is -0.466 e. The van der Waals surface area contributed by atoms with Gasteiger partial charge < -0.3 is 20.3 Å². The van der Waals surface area contributed by atoms with Gasteiger partial charge in [-0.25, -0.2) is 0 Å². The van der Waals surface area contributed by atoms with Crippen molar-refractivity contribution in [1.29, 1.82) is 0 Å². The highest BCUT2D eigenvalue weighted by atomic mass is 16.5. The lowest BCUT2D eigenvalue weighted by Crippen LogP contribution is -2.45. The Labute approximate surface area is 495 Å². The molecule has 6 heteroatoms. The van der Waals surface area contributed by atoms with Gasteiger partial charge in [0.2, 0.25) is 5.91 Å². The quantitative estimate of drug-likeness (QED) is 0.0320. The standard InChI is InChI=1S/C73H143NO5/c1-3-5-7-9-11-13-15-17-39-42-45-49-53-57-61-65-71(76)70(69-75)74-72(77)66-62-58-54-50-46-43-40-37-35-33-31-29-27-25-23-21-19-18-20-22-24-26-28-30-32-34-36-38-41-44-48-52-56-60-64-68-79-73(78)67-63-59-55-51-47-16-14-12-10-8-6-4-2/h20,22,70-71,75-76H,3-19,21,23-69H2,1-2H3,(H,74,77)/b22-20-. The maximum atomic E-state index is 12.5. The first-order valence-corrected chi connectivity index (χ1v) is 36.4. The van der Waals surface area contributed by atoms with E-state index in [2.05, 4.69) is 31.3 Å². The molecule has 2 unspecified atom stereocenters. The topological polar surface area (TPSA) is 95.9 Å². The van der Waals surface area contributed by atoms with Crippen LogP contribution in [0.25, 0.3) is 0 Å². The first-order chi connectivity index (χ1) is 39.0. The fourth-order valence-electron chi connectivity index (χ4n) is 11.8. The lowest BCUT2D eigenvalue weighted by Gasteiger charge is -2.22. The molecule has 0 aromatic carbocycles. The third-order valence-corrected chi connectivity index (χ3v) is 17.3. The largest absolute Gasteiger partial charge is 0.466 e. The smallest absolute Gasteiger partial charge is 0.305 e. The lowest BCUT2D eigenvalue weighted by atomic mass is 10.0. The van der Waals surface area contributed by atoms with Crippen molar-refractivity contribution in [2.24, 2.45) is 0 Å². The van der Waals surface area contributed by atoms with Gasteiger partial charge in [-0.1, -0.05) is 366 Å². The van der Waals surface area contributed by atoms with Gasteiger partial charge >= 0.3 is 5.97 Å². The van der Waals surface area contributed by atoms with E-state index in [0.717, 1.165) is 38.5 Å². The molecule has 0 aliphatic carbocycles. The molecule has 2 atom stereocenters. The zero-order valence-electron chi connectivity index (χ0n) is 53.9. The summed E-state index contributed by atoms with van der Waals surface area (Å²) in [5.74, 6) is -0.00614. The molecule has 3 N–H and O–H groups in total. The predicted molar refractivity (Wildman–Crippen MR) is 347 cm³/mol. The van der Waals surface area contributed by atoms with Crippen LogP contribution in [0.15, 0.2) is 12.2 Å². The first-order valence-electron chi connectivity index (χ1n) is 36.4. The fourth-order valence-corrected chi connectivity index (χ4v) is 11.8. The molecular formula is C73H143NO5. The van der Waals surface area contributed by atoms with Gasteiger partial charge in [-0.2, -0.15) is 0 Å². The van der Waals surface area contributed by atoms with Crippen molar-refractivity contribution in [2.45, 2.75) is 431 Å². The number of allylic oxidation sites excluding steroid dienone is 2. The highest BCUT2D eigenvalue weighted by Gasteiger charge is 2.20. The number of aliphatic hydroxyl groups excluding tert-OH is 2. The Kier molecular flexibility index (Phi) is 67.9. The zero-order valence-corrected chi connectivity index (χ0v) is 53.9. The molecule has 0 spiro atoms. The van der Waals surface area contributed by atoms with Gasteiger partial charge in [0, 0.05) is 12.8 Å². The molecule has 0 radical (unpaired) electrons. The Morgan fingerprint density at radius 2 is 0.595 bits per heavy atom. The van der Waals surface area contributed by atoms with Crippen LogP contribution in [0, 0.1) is 0 Å². The van der Waals surface area contributed by atoms with Gasteiger partial charge in [-0.05, 0) is 51.4 Å². The predicted octanol–water partition coefficient (Wildman–Crippen LogP) is 23.5. The van der Waals surface area contributed by atoms with E-state index in [4.69, 9.17) is 4.74 Å². The Balaban J connectivity index is 3.32. The van der Waals surface area contributed by atoms with Crippen LogP contribution in [0.2, 0.25) is 0 Å². The first kappa shape index (κ1) is 77.6. The fraction of sp³-hybridized carbons (Fsp3) is 0.945. The van der Waals surface area contributed by atoms with Crippen molar-refractivity contribution in [3.63, 3.8) is 0 Å². The van der Waals surface area contributed by atoms with Crippen LogP contribution < -0.4 is 5.32 Å². The lowest BCUT2D eigenvalue weighted by molar-refractivity contribution is -0.143. The maximum absolute atomic E-state index is 12.5. The molecular weight excluding hydrogens is 971 g/mol. The number of amides is 1. The summed E-state index contributed by atoms with van der Waals surface area (Å²) < 4.78 is 5.49. The van der Waals surface area contributed by atoms with Crippen LogP contribution in [0.3, 0.4) is 0 Å². The molecule has 0 aromatic rings. The Hall–Kier alpha value is -1.40. The SMILES string of the molecule is CCCCCCCCCCCCCCCCCC(O)C(CO)NC(=O)CCCCCCCCCCCCCCCCCCC/C=C\CCCCCCCCCCCCCCCCOC(=O)CCCCCCCCCCCCCC. The monoisotopic (exact) mass is 1110 g/mol. The van der Waals surface area contributed by atoms with E-state index in [-0.39, 0.29) is 18.5 Å². The molecule has 6 nitrogen and oxygen atoms in total. The maximum Gasteiger partial charge on any atom is 0.305 e. The van der Waals surface area contributed by atoms with E-state index in [9.17, 15) is 19.8 Å². The summed E-state index contributed by atoms with van der Waals surface area (Å²) >= 11 is 0. The number of aliphatic hydroxyl groups is 2. The molecule has 0 saturated heterocycles. The van der Waals surface area contributed by atoms with E-state index >= 15 is 0 Å². The molecule has 1 amide bonds. The summed E-state index contributed by atoms with van der Waals surface area (Å²) in [6, 6.07) is -0.538. The van der Waals surface area contributed by atoms with Gasteiger partial charge in [-0.15, -0.1) is 0 Å². The van der Waals surface area contributed by atoms with E-state index in [1.54, 1.807) is 0 Å². The van der Waals surface area contributed by atoms with Crippen LogP contribution in [-0.2, 0) is 14.3 Å². The number of hydrogen-bond donors (Lipinski definition) is 3. The van der Waals surface area contributed by atoms with E-state index in [0.29, 0.717) is 25.9 Å². The Morgan fingerprint density at radius 1 is 0.342 bits per heavy atom. The highest BCUT2D eigenvalue weighted by molar-refractivity contribution is 5.76. The summed E-state index contributed by atoms with van der Waals surface area (Å²) in [5.41, 5.74) is 0. The van der Waals surface area contributed by atoms with E-state index < -0.39 is 12.1 Å². The van der Waals surface area contributed by atoms with Gasteiger partial charge in [0.15, 0.2) is 0 Å². The molecule has 0 saturated carbocycles. The normalized spacial score (nSPS) is 12.5. The van der Waals surface area contributed by atoms with Gasteiger partial charge in [0.05, 0.1) is 25.4 Å². The van der Waals surface area contributed by atoms with Gasteiger partial charge in [-0.3, -0.25) is 9.59 Å². The van der Waals surface area contributed by atoms with E-state index in [1.807, 2.05) is 0 Å². The molecule has 0 bridgehead atoms. The minimum atomic E-state index is -0.661. The van der Waals surface area contributed by atoms with Crippen LogP contribution in [0.4, 0.5) is 0 Å². The number of unbranched alkanes of at least 4 members (excludes halogenated alkanes) is 56. The molecule has 470 valence electrons. The molecule has 0 heterocycles. The van der Waals surface area contributed by atoms with Crippen molar-refractivity contribution >= 4 is 11.9 Å². The van der Waals surface area contributed by atoms with Crippen molar-refractivity contribution in [1.82, 2.24) is 5.32 Å². The molecule has 79 heavy (non-hydrogen) atoms. The number of carbonyl (C=O) groups excluding carboxylic acids is 2. The third kappa shape index (κ3) is 65.6. The van der Waals surface area contributed by atoms with Crippen molar-refractivity contribution in [3.8, 4) is 0 Å². The molecule has 0 aromatic heterocycles. The van der Waals surface area contributed by atoms with Gasteiger partial charge in [0.25, 0.3) is 0 Å². The summed E-state index contributed by atoms with van der Waals surface area (Å²) in [5, 5.41) is 23.3. The number of esters is 1. The van der Waals surface area contributed by atoms with Crippen LogP contribution in [0.5, 0.6) is 0 Å². The molecule has 0 aliphatic heterocycles. The van der Waals surface area contributed by atoms with Crippen LogP contribution >= 0.6 is 0 Å². The zero-order chi connectivity index (χ0) is 57.1. The van der Waals surface area contributed by atoms with Crippen LogP contribution in [-0.4, -0.2) is 47.4 Å². The average molecular weight is 1110 g/mol. The third-order valence-electron chi connectivity index (χ3n) is 17.3. The van der Waals surface area contributed by atoms with Crippen molar-refractivity contribution < 1.29 is 24.5 Å². The number of hydrogen-bond acceptors (Lipinski definition) is 5. The molecule has 0 aliphatic rings. The Morgan fingerprint density at radius 3 is 0.899 bits per heavy atom. The van der Waals surface area contributed by atoms with E-state index in [1.165, 1.54) is 347 Å². The average Bonchev–Trinajstić information content (AvgIpc) is 3.45. The minimum absolute atomic E-state index is 0.0217. The second-order valence-corrected chi connectivity index (χ2v) is 25.3. The summed E-state index contributed by atoms with van der Waals surface area (Å²) in [4.78, 5) is 24.5. The summed E-state index contributed by atoms with van der Waals surface area (Å²) in [7, 11) is 0. The molecule has 0 rings (SSSR count). The molecule has 0 fully saturated rings. The number of ether oxygens (including phenoxy) is 1. The summed E-state index contributed by atoms with van der Waals surface area (Å²) in [6.07, 6.45) is 85.7. The summed E-state index contributed by atoms with van der Waals surface area (Å²) in [6.45, 7) is 4.99.